The van der Waals surface area contributed by atoms with Gasteiger partial charge in [0.2, 0.25) is 5.70 Å². The Kier molecular flexibility index (Phi) is 4.60. The van der Waals surface area contributed by atoms with E-state index in [0.717, 1.165) is 50.7 Å². The summed E-state index contributed by atoms with van der Waals surface area (Å²) in [6.07, 6.45) is 10.8. The molecule has 0 spiro atoms. The van der Waals surface area contributed by atoms with Crippen molar-refractivity contribution >= 4 is 5.70 Å². The highest BCUT2D eigenvalue weighted by Gasteiger charge is 2.64. The summed E-state index contributed by atoms with van der Waals surface area (Å²) in [5, 5.41) is 21.6. The molecule has 2 N–H and O–H groups in total. The molecule has 1 aromatic heterocycles. The van der Waals surface area contributed by atoms with Crippen LogP contribution in [0.5, 0.6) is 0 Å². The molecule has 3 fully saturated rings. The molecule has 4 aliphatic carbocycles. The maximum atomic E-state index is 11.4. The molecule has 5 rings (SSSR count). The number of ether oxygens (including phenoxy) is 1. The van der Waals surface area contributed by atoms with Crippen molar-refractivity contribution in [1.29, 1.82) is 0 Å². The van der Waals surface area contributed by atoms with Crippen molar-refractivity contribution < 1.29 is 19.5 Å². The molecule has 1 aromatic rings. The van der Waals surface area contributed by atoms with Gasteiger partial charge in [0, 0.05) is 18.6 Å². The van der Waals surface area contributed by atoms with Crippen LogP contribution in [0.1, 0.15) is 58.8 Å². The zero-order valence-electron chi connectivity index (χ0n) is 18.1. The predicted octanol–water partition coefficient (Wildman–Crippen LogP) is 3.77. The number of methoxy groups -OCH3 is 1. The monoisotopic (exact) mass is 398 g/mol. The van der Waals surface area contributed by atoms with Crippen LogP contribution in [0.25, 0.3) is 5.70 Å². The van der Waals surface area contributed by atoms with E-state index in [4.69, 9.17) is 4.74 Å². The fourth-order valence-corrected chi connectivity index (χ4v) is 7.98. The van der Waals surface area contributed by atoms with Gasteiger partial charge in [0.15, 0.2) is 18.2 Å². The van der Waals surface area contributed by atoms with Crippen LogP contribution in [0.2, 0.25) is 0 Å². The average molecular weight is 399 g/mol. The molecule has 3 saturated carbocycles. The van der Waals surface area contributed by atoms with Gasteiger partial charge in [0.05, 0.1) is 24.7 Å². The Morgan fingerprint density at radius 1 is 1.00 bits per heavy atom. The van der Waals surface area contributed by atoms with Gasteiger partial charge in [-0.3, -0.25) is 0 Å². The molecule has 0 aliphatic heterocycles. The Morgan fingerprint density at radius 2 is 1.76 bits per heavy atom. The summed E-state index contributed by atoms with van der Waals surface area (Å²) in [6, 6.07) is 6.21. The van der Waals surface area contributed by atoms with E-state index in [1.165, 1.54) is 5.70 Å². The van der Waals surface area contributed by atoms with Gasteiger partial charge in [-0.15, -0.1) is 0 Å². The summed E-state index contributed by atoms with van der Waals surface area (Å²) in [4.78, 5) is 0. The topological polar surface area (TPSA) is 53.6 Å². The lowest BCUT2D eigenvalue weighted by atomic mass is 9.44. The van der Waals surface area contributed by atoms with Crippen molar-refractivity contribution in [3.8, 4) is 0 Å². The van der Waals surface area contributed by atoms with Gasteiger partial charge in [-0.05, 0) is 74.5 Å². The van der Waals surface area contributed by atoms with Crippen molar-refractivity contribution in [2.45, 2.75) is 71.0 Å². The van der Waals surface area contributed by atoms with E-state index >= 15 is 0 Å². The van der Waals surface area contributed by atoms with Crippen molar-refractivity contribution in [3.63, 3.8) is 0 Å². The number of allylic oxidation sites excluding steroid dienone is 2. The molecule has 4 heteroatoms. The molecule has 8 atom stereocenters. The van der Waals surface area contributed by atoms with E-state index in [1.807, 2.05) is 0 Å². The molecule has 0 radical (unpaired) electrons. The van der Waals surface area contributed by atoms with Gasteiger partial charge in [0.25, 0.3) is 0 Å². The highest BCUT2D eigenvalue weighted by molar-refractivity contribution is 5.51. The third kappa shape index (κ3) is 2.75. The van der Waals surface area contributed by atoms with Crippen LogP contribution in [0.3, 0.4) is 0 Å². The number of nitrogens with zero attached hydrogens (tertiary/aromatic N) is 1. The highest BCUT2D eigenvalue weighted by atomic mass is 16.5. The number of pyridine rings is 1. The minimum absolute atomic E-state index is 0.0247. The second-order valence-corrected chi connectivity index (χ2v) is 10.6. The van der Waals surface area contributed by atoms with Gasteiger partial charge >= 0.3 is 0 Å². The molecule has 1 heterocycles. The van der Waals surface area contributed by atoms with Gasteiger partial charge < -0.3 is 14.9 Å². The number of aliphatic hydroxyl groups is 2. The van der Waals surface area contributed by atoms with Crippen molar-refractivity contribution in [2.75, 3.05) is 7.11 Å². The number of fused-ring (bicyclic) bond motifs is 5. The van der Waals surface area contributed by atoms with Gasteiger partial charge in [0.1, 0.15) is 0 Å². The van der Waals surface area contributed by atoms with Crippen molar-refractivity contribution in [1.82, 2.24) is 0 Å². The third-order valence-electron chi connectivity index (χ3n) is 9.48. The first-order valence-electron chi connectivity index (χ1n) is 11.5. The lowest BCUT2D eigenvalue weighted by Gasteiger charge is -2.61. The number of hydrogen-bond acceptors (Lipinski definition) is 3. The van der Waals surface area contributed by atoms with E-state index in [1.54, 1.807) is 7.11 Å². The van der Waals surface area contributed by atoms with Crippen molar-refractivity contribution in [2.24, 2.45) is 34.5 Å². The minimum Gasteiger partial charge on any atom is -0.495 e. The van der Waals surface area contributed by atoms with Crippen LogP contribution in [-0.4, -0.2) is 29.5 Å². The summed E-state index contributed by atoms with van der Waals surface area (Å²) in [6.45, 7) is 4.86. The Balaban J connectivity index is 1.53. The molecule has 0 aromatic carbocycles. The predicted molar refractivity (Wildman–Crippen MR) is 111 cm³/mol. The molecule has 4 nitrogen and oxygen atoms in total. The standard InChI is InChI=1S/C25H36NO3/c1-24-9-7-17(27)13-16(24)14-20(28)22-18(24)8-10-25(2)19(22)15-21(29-3)23(25)26-11-5-4-6-12-26/h4-6,11-12,16-20,22,27-28H,7-10,13-15H2,1-3H3/q+1/t16?,17-,18-,19-,20-,22+,24-,25-/m0/s1. The Bertz CT molecular complexity index is 808. The first kappa shape index (κ1) is 19.6. The Morgan fingerprint density at radius 3 is 2.48 bits per heavy atom. The Hall–Kier alpha value is -1.39. The summed E-state index contributed by atoms with van der Waals surface area (Å²) in [7, 11) is 1.80. The second kappa shape index (κ2) is 6.81. The van der Waals surface area contributed by atoms with Gasteiger partial charge in [-0.25, -0.2) is 0 Å². The van der Waals surface area contributed by atoms with Crippen molar-refractivity contribution in [3.05, 3.63) is 36.4 Å². The zero-order chi connectivity index (χ0) is 20.4. The minimum atomic E-state index is -0.272. The number of rotatable bonds is 2. The smallest absolute Gasteiger partial charge is 0.230 e. The SMILES string of the molecule is COC1=C([n+]2ccccc2)[C@@]2(C)CC[C@H]3[C@@H]([C@@H](O)CC4C[C@@H](O)CC[C@@]43C)[C@@H]2C1. The molecule has 158 valence electrons. The lowest BCUT2D eigenvalue weighted by molar-refractivity contribution is -0.591. The van der Waals surface area contributed by atoms with E-state index in [9.17, 15) is 10.2 Å². The van der Waals surface area contributed by atoms with Crippen LogP contribution < -0.4 is 4.57 Å². The highest BCUT2D eigenvalue weighted by Crippen LogP contribution is 2.67. The average Bonchev–Trinajstić information content (AvgIpc) is 3.02. The Labute approximate surface area is 174 Å². The summed E-state index contributed by atoms with van der Waals surface area (Å²) in [5.74, 6) is 2.81. The van der Waals surface area contributed by atoms with Crippen LogP contribution >= 0.6 is 0 Å². The first-order chi connectivity index (χ1) is 13.9. The summed E-state index contributed by atoms with van der Waals surface area (Å²) in [5.41, 5.74) is 1.57. The summed E-state index contributed by atoms with van der Waals surface area (Å²) < 4.78 is 8.19. The fraction of sp³-hybridized carbons (Fsp3) is 0.720. The molecule has 0 saturated heterocycles. The van der Waals surface area contributed by atoms with Gasteiger partial charge in [-0.2, -0.15) is 4.57 Å². The van der Waals surface area contributed by atoms with E-state index in [2.05, 4.69) is 49.0 Å². The second-order valence-electron chi connectivity index (χ2n) is 10.6. The molecule has 4 aliphatic rings. The van der Waals surface area contributed by atoms with Gasteiger partial charge in [-0.1, -0.05) is 13.0 Å². The van der Waals surface area contributed by atoms with E-state index in [0.29, 0.717) is 23.7 Å². The first-order valence-corrected chi connectivity index (χ1v) is 11.5. The quantitative estimate of drug-likeness (QED) is 0.746. The zero-order valence-corrected chi connectivity index (χ0v) is 18.1. The maximum Gasteiger partial charge on any atom is 0.230 e. The normalized spacial score (nSPS) is 46.7. The summed E-state index contributed by atoms with van der Waals surface area (Å²) >= 11 is 0. The largest absolute Gasteiger partial charge is 0.495 e. The van der Waals surface area contributed by atoms with Crippen LogP contribution in [0.15, 0.2) is 36.4 Å². The maximum absolute atomic E-state index is 11.4. The third-order valence-corrected chi connectivity index (χ3v) is 9.48. The molecule has 29 heavy (non-hydrogen) atoms. The molecular weight excluding hydrogens is 362 g/mol. The molecule has 0 amide bonds. The number of aliphatic hydroxyl groups excluding tert-OH is 2. The number of aromatic nitrogens is 1. The van der Waals surface area contributed by atoms with Crippen LogP contribution in [-0.2, 0) is 4.74 Å². The molecule has 1 unspecified atom stereocenters. The lowest BCUT2D eigenvalue weighted by Crippen LogP contribution is -2.59. The fourth-order valence-electron chi connectivity index (χ4n) is 7.98. The van der Waals surface area contributed by atoms with E-state index < -0.39 is 0 Å². The molecule has 0 bridgehead atoms. The number of hydrogen-bond donors (Lipinski definition) is 2. The van der Waals surface area contributed by atoms with E-state index in [-0.39, 0.29) is 23.0 Å². The van der Waals surface area contributed by atoms with Crippen LogP contribution in [0, 0.1) is 34.5 Å². The molecular formula is C25H36NO3+. The van der Waals surface area contributed by atoms with Crippen LogP contribution in [0.4, 0.5) is 0 Å².